The first-order chi connectivity index (χ1) is 11.3. The molecule has 0 atom stereocenters. The van der Waals surface area contributed by atoms with Gasteiger partial charge in [-0.1, -0.05) is 24.3 Å². The maximum absolute atomic E-state index is 14.4. The zero-order chi connectivity index (χ0) is 15.6. The van der Waals surface area contributed by atoms with Crippen molar-refractivity contribution in [1.82, 2.24) is 15.1 Å². The number of para-hydroxylation sites is 1. The molecule has 3 aromatic rings. The van der Waals surface area contributed by atoms with E-state index in [4.69, 9.17) is 4.74 Å². The van der Waals surface area contributed by atoms with Crippen molar-refractivity contribution in [3.05, 3.63) is 54.3 Å². The molecule has 1 fully saturated rings. The van der Waals surface area contributed by atoms with Gasteiger partial charge in [-0.2, -0.15) is 0 Å². The van der Waals surface area contributed by atoms with Crippen molar-refractivity contribution in [1.29, 1.82) is 0 Å². The zero-order valence-corrected chi connectivity index (χ0v) is 13.9. The van der Waals surface area contributed by atoms with E-state index in [0.717, 1.165) is 37.1 Å². The average Bonchev–Trinajstić information content (AvgIpc) is 2.96. The average molecular weight is 348 g/mol. The Kier molecular flexibility index (Phi) is 5.02. The first-order valence-corrected chi connectivity index (χ1v) is 7.93. The highest BCUT2D eigenvalue weighted by Crippen LogP contribution is 2.31. The van der Waals surface area contributed by atoms with Crippen molar-refractivity contribution in [2.45, 2.75) is 18.9 Å². The van der Waals surface area contributed by atoms with Gasteiger partial charge >= 0.3 is 0 Å². The van der Waals surface area contributed by atoms with Crippen molar-refractivity contribution in [3.63, 3.8) is 0 Å². The van der Waals surface area contributed by atoms with Gasteiger partial charge in [0, 0.05) is 0 Å². The smallest absolute Gasteiger partial charge is 0.244 e. The summed E-state index contributed by atoms with van der Waals surface area (Å²) in [6, 6.07) is 14.7. The Morgan fingerprint density at radius 1 is 1.04 bits per heavy atom. The Morgan fingerprint density at radius 3 is 2.54 bits per heavy atom. The molecule has 0 amide bonds. The summed E-state index contributed by atoms with van der Waals surface area (Å²) >= 11 is 0. The lowest BCUT2D eigenvalue weighted by molar-refractivity contribution is 0.157. The first-order valence-electron chi connectivity index (χ1n) is 7.93. The van der Waals surface area contributed by atoms with Gasteiger partial charge in [-0.25, -0.2) is 9.07 Å². The van der Waals surface area contributed by atoms with Crippen LogP contribution >= 0.6 is 12.4 Å². The second-order valence-electron chi connectivity index (χ2n) is 5.75. The van der Waals surface area contributed by atoms with Crippen molar-refractivity contribution < 1.29 is 9.13 Å². The van der Waals surface area contributed by atoms with Crippen LogP contribution in [0.1, 0.15) is 12.8 Å². The lowest BCUT2D eigenvalue weighted by Crippen LogP contribution is -2.34. The summed E-state index contributed by atoms with van der Waals surface area (Å²) in [6.45, 7) is 1.84. The Bertz CT molecular complexity index is 816. The summed E-state index contributed by atoms with van der Waals surface area (Å²) in [5.74, 6) is 0.0856. The maximum Gasteiger partial charge on any atom is 0.244 e. The van der Waals surface area contributed by atoms with Crippen LogP contribution in [0, 0.1) is 5.82 Å². The maximum atomic E-state index is 14.4. The molecule has 1 saturated heterocycles. The number of hydrogen-bond acceptors (Lipinski definition) is 3. The quantitative estimate of drug-likeness (QED) is 0.785. The molecule has 2 heterocycles. The third-order valence-corrected chi connectivity index (χ3v) is 4.19. The van der Waals surface area contributed by atoms with Crippen LogP contribution < -0.4 is 10.1 Å². The van der Waals surface area contributed by atoms with Gasteiger partial charge in [0.2, 0.25) is 5.88 Å². The minimum absolute atomic E-state index is 0. The van der Waals surface area contributed by atoms with E-state index in [9.17, 15) is 4.39 Å². The summed E-state index contributed by atoms with van der Waals surface area (Å²) in [7, 11) is 0. The lowest BCUT2D eigenvalue weighted by Gasteiger charge is -2.22. The molecule has 1 N–H and O–H groups in total. The standard InChI is InChI=1S/C18H18FN3O.ClH/c19-15-7-4-8-16-17(15)18(23-14-9-11-20-12-10-14)21-22(16)13-5-2-1-3-6-13;/h1-8,14,20H,9-12H2;1H. The molecule has 24 heavy (non-hydrogen) atoms. The third kappa shape index (κ3) is 3.09. The molecular weight excluding hydrogens is 329 g/mol. The number of fused-ring (bicyclic) bond motifs is 1. The number of piperidine rings is 1. The minimum atomic E-state index is -0.298. The summed E-state index contributed by atoms with van der Waals surface area (Å²) < 4.78 is 22.2. The second kappa shape index (κ2) is 7.20. The molecule has 0 radical (unpaired) electrons. The number of nitrogens with zero attached hydrogens (tertiary/aromatic N) is 2. The van der Waals surface area contributed by atoms with Crippen LogP contribution in [0.5, 0.6) is 5.88 Å². The summed E-state index contributed by atoms with van der Waals surface area (Å²) in [5, 5.41) is 8.30. The van der Waals surface area contributed by atoms with Crippen LogP contribution in [-0.2, 0) is 0 Å². The Labute approximate surface area is 146 Å². The molecule has 0 unspecified atom stereocenters. The lowest BCUT2D eigenvalue weighted by atomic mass is 10.1. The number of rotatable bonds is 3. The van der Waals surface area contributed by atoms with Gasteiger partial charge in [0.15, 0.2) is 0 Å². The fraction of sp³-hybridized carbons (Fsp3) is 0.278. The van der Waals surface area contributed by atoms with Crippen molar-refractivity contribution >= 4 is 23.3 Å². The number of ether oxygens (including phenoxy) is 1. The van der Waals surface area contributed by atoms with E-state index in [-0.39, 0.29) is 24.3 Å². The van der Waals surface area contributed by atoms with Crippen molar-refractivity contribution in [2.24, 2.45) is 0 Å². The predicted octanol–water partition coefficient (Wildman–Crippen LogP) is 3.72. The summed E-state index contributed by atoms with van der Waals surface area (Å²) in [6.07, 6.45) is 1.90. The highest BCUT2D eigenvalue weighted by molar-refractivity contribution is 5.86. The van der Waals surface area contributed by atoms with Gasteiger partial charge in [0.05, 0.1) is 16.6 Å². The van der Waals surface area contributed by atoms with Crippen LogP contribution in [0.2, 0.25) is 0 Å². The van der Waals surface area contributed by atoms with Crippen LogP contribution in [0.4, 0.5) is 4.39 Å². The largest absolute Gasteiger partial charge is 0.473 e. The van der Waals surface area contributed by atoms with Gasteiger partial charge in [-0.05, 0) is 50.2 Å². The number of nitrogens with one attached hydrogen (secondary N) is 1. The second-order valence-corrected chi connectivity index (χ2v) is 5.75. The van der Waals surface area contributed by atoms with E-state index in [1.165, 1.54) is 6.07 Å². The zero-order valence-electron chi connectivity index (χ0n) is 13.1. The summed E-state index contributed by atoms with van der Waals surface area (Å²) in [5.41, 5.74) is 1.61. The predicted molar refractivity (Wildman–Crippen MR) is 94.8 cm³/mol. The van der Waals surface area contributed by atoms with E-state index in [1.54, 1.807) is 10.7 Å². The van der Waals surface area contributed by atoms with Crippen LogP contribution in [0.3, 0.4) is 0 Å². The molecule has 4 rings (SSSR count). The Balaban J connectivity index is 0.00000169. The highest BCUT2D eigenvalue weighted by atomic mass is 35.5. The Hall–Kier alpha value is -2.11. The number of halogens is 2. The molecule has 0 aliphatic carbocycles. The minimum Gasteiger partial charge on any atom is -0.473 e. The normalized spacial score (nSPS) is 15.2. The van der Waals surface area contributed by atoms with E-state index in [2.05, 4.69) is 10.4 Å². The summed E-state index contributed by atoms with van der Waals surface area (Å²) in [4.78, 5) is 0. The fourth-order valence-electron chi connectivity index (χ4n) is 3.02. The molecule has 0 spiro atoms. The van der Waals surface area contributed by atoms with Gasteiger partial charge in [-0.15, -0.1) is 17.5 Å². The van der Waals surface area contributed by atoms with Crippen molar-refractivity contribution in [2.75, 3.05) is 13.1 Å². The van der Waals surface area contributed by atoms with Crippen LogP contribution in [0.15, 0.2) is 48.5 Å². The van der Waals surface area contributed by atoms with E-state index >= 15 is 0 Å². The van der Waals surface area contributed by atoms with Crippen LogP contribution in [0.25, 0.3) is 16.6 Å². The molecule has 6 heteroatoms. The number of aromatic nitrogens is 2. The van der Waals surface area contributed by atoms with E-state index in [1.807, 2.05) is 36.4 Å². The van der Waals surface area contributed by atoms with Gasteiger partial charge in [0.25, 0.3) is 0 Å². The van der Waals surface area contributed by atoms with Gasteiger partial charge < -0.3 is 10.1 Å². The fourth-order valence-corrected chi connectivity index (χ4v) is 3.02. The monoisotopic (exact) mass is 347 g/mol. The molecule has 1 aliphatic heterocycles. The van der Waals surface area contributed by atoms with Crippen LogP contribution in [-0.4, -0.2) is 29.0 Å². The molecule has 0 bridgehead atoms. The first kappa shape index (κ1) is 16.7. The number of benzene rings is 2. The van der Waals surface area contributed by atoms with E-state index < -0.39 is 0 Å². The highest BCUT2D eigenvalue weighted by Gasteiger charge is 2.21. The Morgan fingerprint density at radius 2 is 1.79 bits per heavy atom. The van der Waals surface area contributed by atoms with Crippen molar-refractivity contribution in [3.8, 4) is 11.6 Å². The molecule has 0 saturated carbocycles. The van der Waals surface area contributed by atoms with E-state index in [0.29, 0.717) is 11.3 Å². The molecule has 1 aliphatic rings. The number of hydrogen-bond donors (Lipinski definition) is 1. The SMILES string of the molecule is Cl.Fc1cccc2c1c(OC1CCNCC1)nn2-c1ccccc1. The van der Waals surface area contributed by atoms with Gasteiger partial charge in [0.1, 0.15) is 11.9 Å². The van der Waals surface area contributed by atoms with Gasteiger partial charge in [-0.3, -0.25) is 0 Å². The molecule has 1 aromatic heterocycles. The topological polar surface area (TPSA) is 39.1 Å². The molecule has 4 nitrogen and oxygen atoms in total. The molecular formula is C18H19ClFN3O. The molecule has 126 valence electrons. The molecule has 2 aromatic carbocycles. The third-order valence-electron chi connectivity index (χ3n) is 4.19.